The summed E-state index contributed by atoms with van der Waals surface area (Å²) in [6, 6.07) is 6.56. The van der Waals surface area contributed by atoms with Gasteiger partial charge in [0.05, 0.1) is 11.6 Å². The second kappa shape index (κ2) is 5.35. The molecule has 3 rings (SSSR count). The minimum Gasteiger partial charge on any atom is -0.350 e. The molecule has 0 bridgehead atoms. The number of pyridine rings is 2. The summed E-state index contributed by atoms with van der Waals surface area (Å²) in [5, 5.41) is 0. The first-order valence-electron chi connectivity index (χ1n) is 6.75. The van der Waals surface area contributed by atoms with Crippen LogP contribution in [0.2, 0.25) is 0 Å². The molecule has 2 aromatic heterocycles. The summed E-state index contributed by atoms with van der Waals surface area (Å²) in [6.45, 7) is 0.797. The summed E-state index contributed by atoms with van der Waals surface area (Å²) < 4.78 is 37.7. The fourth-order valence-corrected chi connectivity index (χ4v) is 2.70. The van der Waals surface area contributed by atoms with Gasteiger partial charge < -0.3 is 4.90 Å². The highest BCUT2D eigenvalue weighted by Gasteiger charge is 2.32. The van der Waals surface area contributed by atoms with E-state index in [4.69, 9.17) is 0 Å². The third-order valence-corrected chi connectivity index (χ3v) is 3.71. The van der Waals surface area contributed by atoms with Crippen LogP contribution >= 0.6 is 0 Å². The average Bonchev–Trinajstić information content (AvgIpc) is 2.97. The first kappa shape index (κ1) is 13.9. The molecule has 0 radical (unpaired) electrons. The lowest BCUT2D eigenvalue weighted by atomic mass is 10.1. The van der Waals surface area contributed by atoms with Crippen LogP contribution in [-0.2, 0) is 6.18 Å². The van der Waals surface area contributed by atoms with Gasteiger partial charge in [0.25, 0.3) is 0 Å². The number of nitrogens with zero attached hydrogens (tertiary/aromatic N) is 3. The molecular formula is C15H14F3N3. The molecular weight excluding hydrogens is 279 g/mol. The minimum absolute atomic E-state index is 0.150. The second-order valence-electron chi connectivity index (χ2n) is 5.03. The Labute approximate surface area is 120 Å². The van der Waals surface area contributed by atoms with Crippen LogP contribution in [0.5, 0.6) is 0 Å². The van der Waals surface area contributed by atoms with Crippen LogP contribution < -0.4 is 4.90 Å². The number of aromatic nitrogens is 2. The number of hydrogen-bond donors (Lipinski definition) is 0. The van der Waals surface area contributed by atoms with Gasteiger partial charge in [0, 0.05) is 25.1 Å². The molecule has 0 unspecified atom stereocenters. The quantitative estimate of drug-likeness (QED) is 0.842. The van der Waals surface area contributed by atoms with Gasteiger partial charge in [0.15, 0.2) is 0 Å². The first-order valence-corrected chi connectivity index (χ1v) is 6.75. The summed E-state index contributed by atoms with van der Waals surface area (Å²) in [7, 11) is 0. The molecule has 1 fully saturated rings. The van der Waals surface area contributed by atoms with Crippen molar-refractivity contribution in [2.24, 2.45) is 0 Å². The molecule has 1 atom stereocenters. The number of hydrogen-bond acceptors (Lipinski definition) is 3. The lowest BCUT2D eigenvalue weighted by Crippen LogP contribution is -2.23. The third-order valence-electron chi connectivity index (χ3n) is 3.71. The summed E-state index contributed by atoms with van der Waals surface area (Å²) in [5.41, 5.74) is 0.398. The van der Waals surface area contributed by atoms with E-state index in [1.54, 1.807) is 12.4 Å². The molecule has 0 aromatic carbocycles. The summed E-state index contributed by atoms with van der Waals surface area (Å²) in [4.78, 5) is 10.0. The van der Waals surface area contributed by atoms with Crippen LogP contribution in [0.15, 0.2) is 42.9 Å². The Kier molecular flexibility index (Phi) is 3.53. The molecule has 0 amide bonds. The molecule has 0 spiro atoms. The highest BCUT2D eigenvalue weighted by Crippen LogP contribution is 2.36. The zero-order valence-corrected chi connectivity index (χ0v) is 11.2. The van der Waals surface area contributed by atoms with Gasteiger partial charge in [0.2, 0.25) is 0 Å². The van der Waals surface area contributed by atoms with Crippen molar-refractivity contribution in [3.8, 4) is 0 Å². The van der Waals surface area contributed by atoms with Crippen LogP contribution in [-0.4, -0.2) is 16.5 Å². The van der Waals surface area contributed by atoms with Gasteiger partial charge in [-0.1, -0.05) is 0 Å². The molecule has 0 saturated carbocycles. The average molecular weight is 293 g/mol. The number of rotatable bonds is 2. The Morgan fingerprint density at radius 1 is 1.10 bits per heavy atom. The molecule has 0 aliphatic carbocycles. The Morgan fingerprint density at radius 3 is 2.48 bits per heavy atom. The van der Waals surface area contributed by atoms with Gasteiger partial charge in [0.1, 0.15) is 5.82 Å². The van der Waals surface area contributed by atoms with Crippen LogP contribution in [0.1, 0.15) is 30.0 Å². The maximum absolute atomic E-state index is 12.6. The zero-order valence-electron chi connectivity index (χ0n) is 11.2. The van der Waals surface area contributed by atoms with E-state index < -0.39 is 11.7 Å². The maximum atomic E-state index is 12.6. The van der Waals surface area contributed by atoms with Gasteiger partial charge in [-0.2, -0.15) is 13.2 Å². The highest BCUT2D eigenvalue weighted by atomic mass is 19.4. The van der Waals surface area contributed by atoms with E-state index in [9.17, 15) is 13.2 Å². The maximum Gasteiger partial charge on any atom is 0.417 e. The van der Waals surface area contributed by atoms with E-state index in [0.717, 1.165) is 37.2 Å². The number of halogens is 3. The predicted octanol–water partition coefficient (Wildman–Crippen LogP) is 3.84. The van der Waals surface area contributed by atoms with Gasteiger partial charge in [-0.3, -0.25) is 4.98 Å². The zero-order chi connectivity index (χ0) is 14.9. The number of anilines is 1. The molecule has 0 N–H and O–H groups in total. The van der Waals surface area contributed by atoms with Crippen LogP contribution in [0.4, 0.5) is 19.0 Å². The fourth-order valence-electron chi connectivity index (χ4n) is 2.70. The third kappa shape index (κ3) is 2.84. The Balaban J connectivity index is 1.86. The monoisotopic (exact) mass is 293 g/mol. The Morgan fingerprint density at radius 2 is 1.86 bits per heavy atom. The van der Waals surface area contributed by atoms with Gasteiger partial charge in [-0.25, -0.2) is 4.98 Å². The number of alkyl halides is 3. The second-order valence-corrected chi connectivity index (χ2v) is 5.03. The topological polar surface area (TPSA) is 29.0 Å². The molecule has 1 aliphatic heterocycles. The van der Waals surface area contributed by atoms with E-state index in [2.05, 4.69) is 14.9 Å². The van der Waals surface area contributed by atoms with Crippen molar-refractivity contribution in [3.05, 3.63) is 54.0 Å². The van der Waals surface area contributed by atoms with Gasteiger partial charge >= 0.3 is 6.18 Å². The van der Waals surface area contributed by atoms with Crippen LogP contribution in [0.25, 0.3) is 0 Å². The molecule has 2 aromatic rings. The molecule has 1 aliphatic rings. The van der Waals surface area contributed by atoms with E-state index >= 15 is 0 Å². The van der Waals surface area contributed by atoms with Crippen molar-refractivity contribution in [3.63, 3.8) is 0 Å². The van der Waals surface area contributed by atoms with Crippen LogP contribution in [0.3, 0.4) is 0 Å². The largest absolute Gasteiger partial charge is 0.417 e. The van der Waals surface area contributed by atoms with Gasteiger partial charge in [-0.05, 0) is 42.7 Å². The Bertz CT molecular complexity index is 596. The molecule has 21 heavy (non-hydrogen) atoms. The molecule has 3 heterocycles. The predicted molar refractivity (Wildman–Crippen MR) is 72.8 cm³/mol. The molecule has 1 saturated heterocycles. The lowest BCUT2D eigenvalue weighted by molar-refractivity contribution is -0.137. The summed E-state index contributed by atoms with van der Waals surface area (Å²) in [6.07, 6.45) is 1.97. The molecule has 3 nitrogen and oxygen atoms in total. The molecule has 6 heteroatoms. The first-order chi connectivity index (χ1) is 10.1. The summed E-state index contributed by atoms with van der Waals surface area (Å²) in [5.74, 6) is 0.585. The van der Waals surface area contributed by atoms with E-state index in [-0.39, 0.29) is 6.04 Å². The molecule has 110 valence electrons. The van der Waals surface area contributed by atoms with Crippen molar-refractivity contribution in [2.75, 3.05) is 11.4 Å². The summed E-state index contributed by atoms with van der Waals surface area (Å²) >= 11 is 0. The van der Waals surface area contributed by atoms with Crippen molar-refractivity contribution in [1.29, 1.82) is 0 Å². The van der Waals surface area contributed by atoms with Crippen LogP contribution in [0, 0.1) is 0 Å². The minimum atomic E-state index is -4.35. The van der Waals surface area contributed by atoms with Gasteiger partial charge in [-0.15, -0.1) is 0 Å². The van der Waals surface area contributed by atoms with Crippen molar-refractivity contribution >= 4 is 5.82 Å². The van der Waals surface area contributed by atoms with Crippen molar-refractivity contribution in [2.45, 2.75) is 25.1 Å². The van der Waals surface area contributed by atoms with E-state index in [1.165, 1.54) is 6.07 Å². The lowest BCUT2D eigenvalue weighted by Gasteiger charge is -2.26. The van der Waals surface area contributed by atoms with Crippen molar-refractivity contribution in [1.82, 2.24) is 9.97 Å². The van der Waals surface area contributed by atoms with E-state index in [1.807, 2.05) is 12.1 Å². The Hall–Kier alpha value is -2.11. The van der Waals surface area contributed by atoms with Crippen molar-refractivity contribution < 1.29 is 13.2 Å². The normalized spacial score (nSPS) is 19.0. The SMILES string of the molecule is FC(F)(F)c1ccc(N2CCC[C@H]2c2ccncc2)nc1. The smallest absolute Gasteiger partial charge is 0.350 e. The highest BCUT2D eigenvalue weighted by molar-refractivity contribution is 5.44. The van der Waals surface area contributed by atoms with E-state index in [0.29, 0.717) is 5.82 Å². The fraction of sp³-hybridized carbons (Fsp3) is 0.333. The standard InChI is InChI=1S/C15H14F3N3/c16-15(17,18)12-3-4-14(20-10-12)21-9-1-2-13(21)11-5-7-19-8-6-11/h3-8,10,13H,1-2,9H2/t13-/m0/s1.